The average molecular weight is 252 g/mol. The summed E-state index contributed by atoms with van der Waals surface area (Å²) in [7, 11) is 0. The highest BCUT2D eigenvalue weighted by atomic mass is 19.2. The van der Waals surface area contributed by atoms with Crippen molar-refractivity contribution in [2.24, 2.45) is 0 Å². The molecule has 0 saturated carbocycles. The van der Waals surface area contributed by atoms with Crippen LogP contribution >= 0.6 is 0 Å². The van der Waals surface area contributed by atoms with Gasteiger partial charge < -0.3 is 5.11 Å². The molecule has 0 saturated heterocycles. The van der Waals surface area contributed by atoms with Gasteiger partial charge in [0.2, 0.25) is 0 Å². The summed E-state index contributed by atoms with van der Waals surface area (Å²) in [5, 5.41) is 8.94. The van der Waals surface area contributed by atoms with Gasteiger partial charge in [-0.3, -0.25) is 0 Å². The average Bonchev–Trinajstić information content (AvgIpc) is 2.35. The Morgan fingerprint density at radius 1 is 0.944 bits per heavy atom. The monoisotopic (exact) mass is 252 g/mol. The quantitative estimate of drug-likeness (QED) is 0.831. The lowest BCUT2D eigenvalue weighted by Crippen LogP contribution is -2.02. The fraction of sp³-hybridized carbons (Fsp3) is 0. The third-order valence-electron chi connectivity index (χ3n) is 2.47. The SMILES string of the molecule is O=C(O)c1ccccc1-c1c(F)ccc(F)c1F. The van der Waals surface area contributed by atoms with Crippen LogP contribution in [0.2, 0.25) is 0 Å². The summed E-state index contributed by atoms with van der Waals surface area (Å²) in [6, 6.07) is 6.67. The number of hydrogen-bond donors (Lipinski definition) is 1. The van der Waals surface area contributed by atoms with Gasteiger partial charge in [-0.05, 0) is 18.2 Å². The van der Waals surface area contributed by atoms with Crippen molar-refractivity contribution in [1.82, 2.24) is 0 Å². The number of aromatic carboxylic acids is 1. The smallest absolute Gasteiger partial charge is 0.336 e. The van der Waals surface area contributed by atoms with Crippen LogP contribution in [0, 0.1) is 17.5 Å². The molecule has 0 aliphatic rings. The normalized spacial score (nSPS) is 10.4. The van der Waals surface area contributed by atoms with Crippen molar-refractivity contribution in [2.75, 3.05) is 0 Å². The first-order valence-corrected chi connectivity index (χ1v) is 4.98. The van der Waals surface area contributed by atoms with Crippen molar-refractivity contribution in [1.29, 1.82) is 0 Å². The Hall–Kier alpha value is -2.30. The van der Waals surface area contributed by atoms with Crippen LogP contribution in [0.1, 0.15) is 10.4 Å². The zero-order chi connectivity index (χ0) is 13.3. The van der Waals surface area contributed by atoms with Crippen molar-refractivity contribution in [3.05, 3.63) is 59.4 Å². The van der Waals surface area contributed by atoms with E-state index in [1.165, 1.54) is 24.3 Å². The molecule has 0 aliphatic carbocycles. The summed E-state index contributed by atoms with van der Waals surface area (Å²) in [4.78, 5) is 11.0. The van der Waals surface area contributed by atoms with Gasteiger partial charge >= 0.3 is 5.97 Å². The van der Waals surface area contributed by atoms with E-state index in [-0.39, 0.29) is 11.1 Å². The van der Waals surface area contributed by atoms with Gasteiger partial charge in [0.1, 0.15) is 5.82 Å². The Labute approximate surface area is 100 Å². The van der Waals surface area contributed by atoms with Gasteiger partial charge in [-0.15, -0.1) is 0 Å². The molecule has 2 aromatic rings. The highest BCUT2D eigenvalue weighted by Gasteiger charge is 2.20. The Kier molecular flexibility index (Phi) is 3.06. The largest absolute Gasteiger partial charge is 0.478 e. The molecule has 0 aromatic heterocycles. The Bertz CT molecular complexity index is 624. The first-order valence-electron chi connectivity index (χ1n) is 4.98. The predicted octanol–water partition coefficient (Wildman–Crippen LogP) is 3.47. The van der Waals surface area contributed by atoms with Crippen LogP contribution in [0.4, 0.5) is 13.2 Å². The zero-order valence-corrected chi connectivity index (χ0v) is 8.95. The topological polar surface area (TPSA) is 37.3 Å². The van der Waals surface area contributed by atoms with Gasteiger partial charge in [0.25, 0.3) is 0 Å². The number of carboxylic acids is 1. The van der Waals surface area contributed by atoms with Gasteiger partial charge in [0.05, 0.1) is 11.1 Å². The van der Waals surface area contributed by atoms with Crippen LogP contribution in [0.3, 0.4) is 0 Å². The summed E-state index contributed by atoms with van der Waals surface area (Å²) in [5.74, 6) is -4.98. The molecule has 0 heterocycles. The molecule has 0 bridgehead atoms. The second-order valence-corrected chi connectivity index (χ2v) is 3.57. The van der Waals surface area contributed by atoms with E-state index in [2.05, 4.69) is 0 Å². The fourth-order valence-electron chi connectivity index (χ4n) is 1.66. The van der Waals surface area contributed by atoms with E-state index < -0.39 is 29.0 Å². The van der Waals surface area contributed by atoms with Crippen LogP contribution in [-0.2, 0) is 0 Å². The van der Waals surface area contributed by atoms with E-state index in [0.29, 0.717) is 6.07 Å². The molecular weight excluding hydrogens is 245 g/mol. The molecule has 2 nitrogen and oxygen atoms in total. The first kappa shape index (κ1) is 12.2. The second kappa shape index (κ2) is 4.52. The third kappa shape index (κ3) is 1.95. The lowest BCUT2D eigenvalue weighted by molar-refractivity contribution is 0.0697. The Morgan fingerprint density at radius 3 is 2.22 bits per heavy atom. The summed E-state index contributed by atoms with van der Waals surface area (Å²) in [6.07, 6.45) is 0. The van der Waals surface area contributed by atoms with Crippen LogP contribution < -0.4 is 0 Å². The Morgan fingerprint density at radius 2 is 1.56 bits per heavy atom. The maximum atomic E-state index is 13.6. The Balaban J connectivity index is 2.77. The van der Waals surface area contributed by atoms with E-state index in [9.17, 15) is 18.0 Å². The molecule has 0 aliphatic heterocycles. The van der Waals surface area contributed by atoms with E-state index in [1.54, 1.807) is 0 Å². The number of halogens is 3. The molecule has 1 N–H and O–H groups in total. The number of benzene rings is 2. The molecule has 0 fully saturated rings. The van der Waals surface area contributed by atoms with Gasteiger partial charge in [-0.2, -0.15) is 0 Å². The molecule has 0 unspecified atom stereocenters. The van der Waals surface area contributed by atoms with Crippen molar-refractivity contribution in [3.63, 3.8) is 0 Å². The van der Waals surface area contributed by atoms with E-state index in [1.807, 2.05) is 0 Å². The molecule has 2 aromatic carbocycles. The van der Waals surface area contributed by atoms with Gasteiger partial charge in [0.15, 0.2) is 11.6 Å². The second-order valence-electron chi connectivity index (χ2n) is 3.57. The zero-order valence-electron chi connectivity index (χ0n) is 8.95. The number of carboxylic acid groups (broad SMARTS) is 1. The molecule has 5 heteroatoms. The van der Waals surface area contributed by atoms with Gasteiger partial charge in [-0.25, -0.2) is 18.0 Å². The van der Waals surface area contributed by atoms with E-state index >= 15 is 0 Å². The highest BCUT2D eigenvalue weighted by Crippen LogP contribution is 2.30. The molecule has 0 spiro atoms. The van der Waals surface area contributed by atoms with Gasteiger partial charge in [-0.1, -0.05) is 18.2 Å². The maximum Gasteiger partial charge on any atom is 0.336 e. The minimum atomic E-state index is -1.40. The molecular formula is C13H7F3O2. The summed E-state index contributed by atoms with van der Waals surface area (Å²) in [6.45, 7) is 0. The lowest BCUT2D eigenvalue weighted by Gasteiger charge is -2.08. The minimum absolute atomic E-state index is 0.195. The van der Waals surface area contributed by atoms with Crippen molar-refractivity contribution in [2.45, 2.75) is 0 Å². The van der Waals surface area contributed by atoms with E-state index in [4.69, 9.17) is 5.11 Å². The number of carbonyl (C=O) groups is 1. The molecule has 0 atom stereocenters. The number of rotatable bonds is 2. The summed E-state index contributed by atoms with van der Waals surface area (Å²) in [5.41, 5.74) is -1.16. The van der Waals surface area contributed by atoms with Crippen molar-refractivity contribution < 1.29 is 23.1 Å². The summed E-state index contributed by atoms with van der Waals surface area (Å²) < 4.78 is 40.2. The van der Waals surface area contributed by atoms with Crippen LogP contribution in [0.15, 0.2) is 36.4 Å². The molecule has 92 valence electrons. The third-order valence-corrected chi connectivity index (χ3v) is 2.47. The molecule has 0 amide bonds. The standard InChI is InChI=1S/C13H7F3O2/c14-9-5-6-10(15)12(16)11(9)7-3-1-2-4-8(7)13(17)18/h1-6H,(H,17,18). The van der Waals surface area contributed by atoms with Crippen LogP contribution in [-0.4, -0.2) is 11.1 Å². The predicted molar refractivity (Wildman–Crippen MR) is 58.7 cm³/mol. The number of hydrogen-bond acceptors (Lipinski definition) is 1. The van der Waals surface area contributed by atoms with Crippen molar-refractivity contribution >= 4 is 5.97 Å². The van der Waals surface area contributed by atoms with Crippen molar-refractivity contribution in [3.8, 4) is 11.1 Å². The summed E-state index contributed by atoms with van der Waals surface area (Å²) >= 11 is 0. The van der Waals surface area contributed by atoms with Gasteiger partial charge in [0, 0.05) is 5.56 Å². The fourth-order valence-corrected chi connectivity index (χ4v) is 1.66. The highest BCUT2D eigenvalue weighted by molar-refractivity contribution is 5.96. The molecule has 18 heavy (non-hydrogen) atoms. The minimum Gasteiger partial charge on any atom is -0.478 e. The first-order chi connectivity index (χ1) is 8.52. The van der Waals surface area contributed by atoms with Crippen LogP contribution in [0.5, 0.6) is 0 Å². The van der Waals surface area contributed by atoms with Crippen LogP contribution in [0.25, 0.3) is 11.1 Å². The van der Waals surface area contributed by atoms with E-state index in [0.717, 1.165) is 6.07 Å². The lowest BCUT2D eigenvalue weighted by atomic mass is 9.98. The maximum absolute atomic E-state index is 13.6. The molecule has 2 rings (SSSR count). The molecule has 0 radical (unpaired) electrons.